The fourth-order valence-corrected chi connectivity index (χ4v) is 2.64. The first-order valence-electron chi connectivity index (χ1n) is 5.04. The molecule has 2 rings (SSSR count). The maximum Gasteiger partial charge on any atom is 0.0989 e. The molecule has 0 spiro atoms. The second kappa shape index (κ2) is 4.44. The van der Waals surface area contributed by atoms with Crippen molar-refractivity contribution in [3.05, 3.63) is 15.5 Å². The van der Waals surface area contributed by atoms with Crippen LogP contribution in [0.4, 0.5) is 0 Å². The minimum absolute atomic E-state index is 0.917. The van der Waals surface area contributed by atoms with Gasteiger partial charge >= 0.3 is 0 Å². The minimum Gasteiger partial charge on any atom is -0.272 e. The largest absolute Gasteiger partial charge is 0.272 e. The highest BCUT2D eigenvalue weighted by atomic mass is 127. The number of hydrogen-bond donors (Lipinski definition) is 1. The van der Waals surface area contributed by atoms with Crippen LogP contribution >= 0.6 is 22.6 Å². The lowest BCUT2D eigenvalue weighted by atomic mass is 9.85. The predicted octanol–water partition coefficient (Wildman–Crippen LogP) is 3.14. The van der Waals surface area contributed by atoms with E-state index in [4.69, 9.17) is 0 Å². The lowest BCUT2D eigenvalue weighted by Gasteiger charge is -2.20. The number of hydrogen-bond acceptors (Lipinski definition) is 1. The molecule has 0 saturated heterocycles. The Morgan fingerprint density at radius 3 is 2.77 bits per heavy atom. The van der Waals surface area contributed by atoms with E-state index in [0.29, 0.717) is 0 Å². The molecular formula is C10H15IN2. The topological polar surface area (TPSA) is 28.7 Å². The Morgan fingerprint density at radius 2 is 2.15 bits per heavy atom. The van der Waals surface area contributed by atoms with Crippen molar-refractivity contribution in [3.8, 4) is 0 Å². The van der Waals surface area contributed by atoms with Crippen LogP contribution in [-0.2, 0) is 6.42 Å². The van der Waals surface area contributed by atoms with E-state index in [9.17, 15) is 0 Å². The quantitative estimate of drug-likeness (QED) is 0.833. The molecule has 2 nitrogen and oxygen atoms in total. The predicted molar refractivity (Wildman–Crippen MR) is 61.6 cm³/mol. The molecule has 3 heteroatoms. The van der Waals surface area contributed by atoms with Crippen molar-refractivity contribution in [1.29, 1.82) is 0 Å². The molecule has 1 aromatic heterocycles. The maximum absolute atomic E-state index is 4.05. The normalized spacial score (nSPS) is 19.2. The van der Waals surface area contributed by atoms with Gasteiger partial charge in [0.2, 0.25) is 0 Å². The van der Waals surface area contributed by atoms with Crippen molar-refractivity contribution < 1.29 is 0 Å². The Balaban J connectivity index is 1.93. The highest BCUT2D eigenvalue weighted by Gasteiger charge is 2.15. The minimum atomic E-state index is 0.917. The highest BCUT2D eigenvalue weighted by Crippen LogP contribution is 2.27. The summed E-state index contributed by atoms with van der Waals surface area (Å²) < 4.78 is 1.23. The zero-order valence-electron chi connectivity index (χ0n) is 7.72. The molecule has 0 radical (unpaired) electrons. The van der Waals surface area contributed by atoms with Gasteiger partial charge < -0.3 is 0 Å². The molecule has 1 heterocycles. The summed E-state index contributed by atoms with van der Waals surface area (Å²) in [4.78, 5) is 0. The summed E-state index contributed by atoms with van der Waals surface area (Å²) in [6, 6.07) is 0. The molecule has 1 aromatic rings. The monoisotopic (exact) mass is 290 g/mol. The van der Waals surface area contributed by atoms with Crippen molar-refractivity contribution >= 4 is 22.6 Å². The van der Waals surface area contributed by atoms with Gasteiger partial charge in [-0.1, -0.05) is 32.1 Å². The molecule has 0 bridgehead atoms. The van der Waals surface area contributed by atoms with Gasteiger partial charge in [0, 0.05) is 5.56 Å². The van der Waals surface area contributed by atoms with Crippen LogP contribution in [0.5, 0.6) is 0 Å². The molecule has 1 N–H and O–H groups in total. The van der Waals surface area contributed by atoms with Crippen LogP contribution in [0.1, 0.15) is 37.7 Å². The molecule has 0 amide bonds. The van der Waals surface area contributed by atoms with Crippen LogP contribution in [0.15, 0.2) is 6.20 Å². The van der Waals surface area contributed by atoms with E-state index in [1.807, 2.05) is 6.20 Å². The Labute approximate surface area is 92.6 Å². The van der Waals surface area contributed by atoms with Gasteiger partial charge in [0.1, 0.15) is 0 Å². The van der Waals surface area contributed by atoms with Gasteiger partial charge in [-0.15, -0.1) is 0 Å². The lowest BCUT2D eigenvalue weighted by Crippen LogP contribution is -2.09. The van der Waals surface area contributed by atoms with Gasteiger partial charge in [0.05, 0.1) is 9.90 Å². The third-order valence-corrected chi connectivity index (χ3v) is 3.83. The van der Waals surface area contributed by atoms with Crippen molar-refractivity contribution in [2.24, 2.45) is 5.92 Å². The fraction of sp³-hybridized carbons (Fsp3) is 0.700. The number of nitrogens with one attached hydrogen (secondary N) is 1. The van der Waals surface area contributed by atoms with Gasteiger partial charge in [-0.3, -0.25) is 5.10 Å². The Kier molecular flexibility index (Phi) is 3.24. The van der Waals surface area contributed by atoms with Gasteiger partial charge in [0.15, 0.2) is 0 Å². The SMILES string of the molecule is Ic1[nH]ncc1CC1CCCCC1. The first-order valence-corrected chi connectivity index (χ1v) is 6.12. The third kappa shape index (κ3) is 2.45. The summed E-state index contributed by atoms with van der Waals surface area (Å²) in [5, 5.41) is 7.05. The molecule has 0 aliphatic heterocycles. The first kappa shape index (κ1) is 9.49. The molecule has 0 aromatic carbocycles. The Hall–Kier alpha value is -0.0600. The number of rotatable bonds is 2. The average molecular weight is 290 g/mol. The number of H-pyrrole nitrogens is 1. The number of halogens is 1. The summed E-state index contributed by atoms with van der Waals surface area (Å²) in [7, 11) is 0. The van der Waals surface area contributed by atoms with Crippen molar-refractivity contribution in [2.45, 2.75) is 38.5 Å². The smallest absolute Gasteiger partial charge is 0.0989 e. The number of nitrogens with zero attached hydrogens (tertiary/aromatic N) is 1. The van der Waals surface area contributed by atoms with Crippen molar-refractivity contribution in [2.75, 3.05) is 0 Å². The fourth-order valence-electron chi connectivity index (χ4n) is 2.14. The maximum atomic E-state index is 4.05. The average Bonchev–Trinajstić information content (AvgIpc) is 2.54. The van der Waals surface area contributed by atoms with Crippen LogP contribution < -0.4 is 0 Å². The number of aromatic amines is 1. The van der Waals surface area contributed by atoms with Crippen molar-refractivity contribution in [1.82, 2.24) is 10.2 Å². The molecule has 1 fully saturated rings. The first-order chi connectivity index (χ1) is 6.36. The Bertz CT molecular complexity index is 264. The van der Waals surface area contributed by atoms with Gasteiger partial charge in [-0.25, -0.2) is 0 Å². The van der Waals surface area contributed by atoms with E-state index < -0.39 is 0 Å². The van der Waals surface area contributed by atoms with E-state index in [1.54, 1.807) is 0 Å². The summed E-state index contributed by atoms with van der Waals surface area (Å²) >= 11 is 2.33. The second-order valence-electron chi connectivity index (χ2n) is 3.92. The summed E-state index contributed by atoms with van der Waals surface area (Å²) in [5.74, 6) is 0.917. The van der Waals surface area contributed by atoms with Crippen LogP contribution in [0.25, 0.3) is 0 Å². The zero-order valence-corrected chi connectivity index (χ0v) is 9.88. The van der Waals surface area contributed by atoms with E-state index in [1.165, 1.54) is 47.8 Å². The van der Waals surface area contributed by atoms with Crippen LogP contribution in [-0.4, -0.2) is 10.2 Å². The highest BCUT2D eigenvalue weighted by molar-refractivity contribution is 14.1. The number of aromatic nitrogens is 2. The summed E-state index contributed by atoms with van der Waals surface area (Å²) in [5.41, 5.74) is 1.41. The van der Waals surface area contributed by atoms with E-state index in [2.05, 4.69) is 32.8 Å². The van der Waals surface area contributed by atoms with Crippen molar-refractivity contribution in [3.63, 3.8) is 0 Å². The second-order valence-corrected chi connectivity index (χ2v) is 5.00. The molecule has 0 unspecified atom stereocenters. The molecule has 72 valence electrons. The molecule has 1 aliphatic rings. The molecule has 1 aliphatic carbocycles. The standard InChI is InChI=1S/C10H15IN2/c11-10-9(7-12-13-10)6-8-4-2-1-3-5-8/h7-8H,1-6H2,(H,12,13). The molecular weight excluding hydrogens is 275 g/mol. The molecule has 0 atom stereocenters. The van der Waals surface area contributed by atoms with Gasteiger partial charge in [-0.05, 0) is 34.9 Å². The van der Waals surface area contributed by atoms with Gasteiger partial charge in [0.25, 0.3) is 0 Å². The van der Waals surface area contributed by atoms with E-state index in [0.717, 1.165) is 5.92 Å². The zero-order chi connectivity index (χ0) is 9.10. The van der Waals surface area contributed by atoms with E-state index in [-0.39, 0.29) is 0 Å². The van der Waals surface area contributed by atoms with Crippen LogP contribution in [0.3, 0.4) is 0 Å². The summed E-state index contributed by atoms with van der Waals surface area (Å²) in [6.07, 6.45) is 10.4. The van der Waals surface area contributed by atoms with Crippen LogP contribution in [0.2, 0.25) is 0 Å². The van der Waals surface area contributed by atoms with E-state index >= 15 is 0 Å². The van der Waals surface area contributed by atoms with Gasteiger partial charge in [-0.2, -0.15) is 5.10 Å². The molecule has 1 saturated carbocycles. The summed E-state index contributed by atoms with van der Waals surface area (Å²) in [6.45, 7) is 0. The van der Waals surface area contributed by atoms with Crippen LogP contribution in [0, 0.1) is 9.62 Å². The Morgan fingerprint density at radius 1 is 1.38 bits per heavy atom. The lowest BCUT2D eigenvalue weighted by molar-refractivity contribution is 0.356. The molecule has 13 heavy (non-hydrogen) atoms. The third-order valence-electron chi connectivity index (χ3n) is 2.90.